The second kappa shape index (κ2) is 49.2. The van der Waals surface area contributed by atoms with Crippen LogP contribution in [0.25, 0.3) is 0 Å². The van der Waals surface area contributed by atoms with Crippen molar-refractivity contribution < 1.29 is 39.8 Å². The molecule has 0 bridgehead atoms. The number of allylic oxidation sites excluding steroid dienone is 19. The molecule has 1 aliphatic rings. The molecule has 1 saturated heterocycles. The summed E-state index contributed by atoms with van der Waals surface area (Å²) in [4.78, 5) is 13.0. The van der Waals surface area contributed by atoms with Gasteiger partial charge >= 0.3 is 0 Å². The van der Waals surface area contributed by atoms with E-state index in [0.717, 1.165) is 109 Å². The average molecular weight is 976 g/mol. The molecule has 0 radical (unpaired) electrons. The number of aliphatic hydroxyl groups is 5. The number of ether oxygens (including phenoxy) is 2. The summed E-state index contributed by atoms with van der Waals surface area (Å²) < 4.78 is 11.2. The summed E-state index contributed by atoms with van der Waals surface area (Å²) in [5, 5.41) is 54.3. The molecule has 1 aliphatic heterocycles. The van der Waals surface area contributed by atoms with Gasteiger partial charge in [-0.25, -0.2) is 0 Å². The second-order valence-corrected chi connectivity index (χ2v) is 18.6. The highest BCUT2D eigenvalue weighted by Crippen LogP contribution is 2.22. The number of carbonyl (C=O) groups is 1. The number of amides is 1. The topological polar surface area (TPSA) is 149 Å². The van der Waals surface area contributed by atoms with Crippen molar-refractivity contribution in [3.05, 3.63) is 122 Å². The Balaban J connectivity index is 2.21. The molecule has 0 aliphatic carbocycles. The second-order valence-electron chi connectivity index (χ2n) is 18.6. The fourth-order valence-electron chi connectivity index (χ4n) is 7.87. The average Bonchev–Trinajstić information content (AvgIpc) is 3.36. The lowest BCUT2D eigenvalue weighted by Crippen LogP contribution is -2.60. The van der Waals surface area contributed by atoms with Gasteiger partial charge in [0.1, 0.15) is 24.4 Å². The Morgan fingerprint density at radius 1 is 0.500 bits per heavy atom. The fourth-order valence-corrected chi connectivity index (χ4v) is 7.87. The highest BCUT2D eigenvalue weighted by Gasteiger charge is 2.44. The predicted octanol–water partition coefficient (Wildman–Crippen LogP) is 13.6. The number of hydrogen-bond acceptors (Lipinski definition) is 8. The van der Waals surface area contributed by atoms with Crippen LogP contribution in [0.3, 0.4) is 0 Å². The lowest BCUT2D eigenvalue weighted by atomic mass is 9.99. The fraction of sp³-hybridized carbons (Fsp3) is 0.656. The molecular formula is C61H101NO8. The van der Waals surface area contributed by atoms with E-state index in [0.29, 0.717) is 6.42 Å². The first kappa shape index (κ1) is 64.6. The Hall–Kier alpha value is -3.41. The summed E-state index contributed by atoms with van der Waals surface area (Å²) in [6.45, 7) is 3.60. The van der Waals surface area contributed by atoms with E-state index in [9.17, 15) is 30.3 Å². The van der Waals surface area contributed by atoms with Crippen LogP contribution < -0.4 is 5.32 Å². The first-order valence-corrected chi connectivity index (χ1v) is 27.8. The molecule has 6 N–H and O–H groups in total. The van der Waals surface area contributed by atoms with Crippen LogP contribution in [0.5, 0.6) is 0 Å². The number of nitrogens with one attached hydrogen (secondary N) is 1. The quantitative estimate of drug-likeness (QED) is 0.0261. The van der Waals surface area contributed by atoms with Crippen LogP contribution in [-0.4, -0.2) is 87.5 Å². The molecule has 1 rings (SSSR count). The van der Waals surface area contributed by atoms with Gasteiger partial charge < -0.3 is 40.3 Å². The summed E-state index contributed by atoms with van der Waals surface area (Å²) in [5.41, 5.74) is 0. The zero-order chi connectivity index (χ0) is 50.8. The Labute approximate surface area is 427 Å². The van der Waals surface area contributed by atoms with E-state index in [-0.39, 0.29) is 12.5 Å². The molecule has 1 amide bonds. The highest BCUT2D eigenvalue weighted by molar-refractivity contribution is 5.76. The minimum Gasteiger partial charge on any atom is -0.394 e. The number of aliphatic hydroxyl groups excluding tert-OH is 5. The van der Waals surface area contributed by atoms with Gasteiger partial charge in [0.15, 0.2) is 6.29 Å². The van der Waals surface area contributed by atoms with Crippen molar-refractivity contribution in [2.45, 2.75) is 243 Å². The Kier molecular flexibility index (Phi) is 45.4. The van der Waals surface area contributed by atoms with Crippen LogP contribution >= 0.6 is 0 Å². The molecule has 9 heteroatoms. The molecule has 7 atom stereocenters. The molecule has 0 aromatic carbocycles. The molecule has 1 heterocycles. The number of unbranched alkanes of at least 4 members (excludes halogenated alkanes) is 17. The molecule has 9 nitrogen and oxygen atoms in total. The molecule has 7 unspecified atom stereocenters. The monoisotopic (exact) mass is 976 g/mol. The van der Waals surface area contributed by atoms with Crippen LogP contribution in [0, 0.1) is 0 Å². The predicted molar refractivity (Wildman–Crippen MR) is 294 cm³/mol. The molecule has 398 valence electrons. The van der Waals surface area contributed by atoms with Crippen molar-refractivity contribution in [2.75, 3.05) is 13.2 Å². The van der Waals surface area contributed by atoms with Crippen LogP contribution in [0.15, 0.2) is 122 Å². The maximum Gasteiger partial charge on any atom is 0.220 e. The van der Waals surface area contributed by atoms with Crippen LogP contribution in [0.4, 0.5) is 0 Å². The molecule has 1 fully saturated rings. The molecular weight excluding hydrogens is 875 g/mol. The Bertz CT molecular complexity index is 1510. The summed E-state index contributed by atoms with van der Waals surface area (Å²) in [6.07, 6.45) is 66.9. The number of carbonyl (C=O) groups excluding carboxylic acids is 1. The molecule has 0 spiro atoms. The van der Waals surface area contributed by atoms with E-state index >= 15 is 0 Å². The van der Waals surface area contributed by atoms with E-state index in [1.165, 1.54) is 70.6 Å². The lowest BCUT2D eigenvalue weighted by Gasteiger charge is -2.40. The third kappa shape index (κ3) is 38.3. The van der Waals surface area contributed by atoms with Gasteiger partial charge in [0, 0.05) is 6.42 Å². The van der Waals surface area contributed by atoms with Gasteiger partial charge in [-0.3, -0.25) is 4.79 Å². The molecule has 70 heavy (non-hydrogen) atoms. The first-order chi connectivity index (χ1) is 34.3. The highest BCUT2D eigenvalue weighted by atomic mass is 16.7. The lowest BCUT2D eigenvalue weighted by molar-refractivity contribution is -0.302. The summed E-state index contributed by atoms with van der Waals surface area (Å²) in [7, 11) is 0. The third-order valence-corrected chi connectivity index (χ3v) is 12.2. The molecule has 0 saturated carbocycles. The first-order valence-electron chi connectivity index (χ1n) is 27.8. The van der Waals surface area contributed by atoms with Gasteiger partial charge in [0.05, 0.1) is 25.4 Å². The van der Waals surface area contributed by atoms with Gasteiger partial charge in [-0.1, -0.05) is 212 Å². The zero-order valence-corrected chi connectivity index (χ0v) is 44.0. The summed E-state index contributed by atoms with van der Waals surface area (Å²) in [5.74, 6) is -0.201. The van der Waals surface area contributed by atoms with Crippen LogP contribution in [0.1, 0.15) is 200 Å². The van der Waals surface area contributed by atoms with Gasteiger partial charge in [-0.2, -0.15) is 0 Å². The SMILES string of the molecule is CC/C=C\C/C=C\C/C=C\C/C=C\C/C=C\C/C=C\C/C=C\CCCCCCCCCCCCCC(=O)NC(COC1OC(CO)C(O)C(O)C1O)C(O)/C=C/CC/C=C/CC/C=C/CCCCCC. The van der Waals surface area contributed by atoms with E-state index in [4.69, 9.17) is 9.47 Å². The Morgan fingerprint density at radius 2 is 0.900 bits per heavy atom. The number of hydrogen-bond donors (Lipinski definition) is 6. The Morgan fingerprint density at radius 3 is 1.37 bits per heavy atom. The minimum absolute atomic E-state index is 0.201. The normalized spacial score (nSPS) is 20.4. The van der Waals surface area contributed by atoms with E-state index in [1.807, 2.05) is 6.08 Å². The van der Waals surface area contributed by atoms with E-state index in [2.05, 4.69) is 129 Å². The van der Waals surface area contributed by atoms with Crippen LogP contribution in [-0.2, 0) is 14.3 Å². The van der Waals surface area contributed by atoms with Crippen molar-refractivity contribution >= 4 is 5.91 Å². The van der Waals surface area contributed by atoms with Gasteiger partial charge in [0.25, 0.3) is 0 Å². The minimum atomic E-state index is -1.58. The maximum absolute atomic E-state index is 13.0. The van der Waals surface area contributed by atoms with Gasteiger partial charge in [-0.15, -0.1) is 0 Å². The van der Waals surface area contributed by atoms with Gasteiger partial charge in [0.2, 0.25) is 5.91 Å². The molecule has 0 aromatic rings. The van der Waals surface area contributed by atoms with Crippen LogP contribution in [0.2, 0.25) is 0 Å². The standard InChI is InChI=1S/C61H101NO8/c1-3-5-7-9-11-13-15-17-19-20-21-22-23-24-25-26-27-28-29-30-31-32-33-34-35-36-37-39-41-43-45-47-49-51-57(65)62-54(53-69-61-60(68)59(67)58(66)56(52-63)70-61)55(64)50-48-46-44-42-40-38-18-16-14-12-10-8-6-4-2/h5,7,11,13-14,16-17,19,21-22,24-25,27-28,30-31,40,42,48,50,54-56,58-61,63-64,66-68H,3-4,6,8-10,12,15,18,20,23,26,29,32-39,41,43-47,49,51-53H2,1-2H3,(H,62,65)/b7-5-,13-11-,16-14+,19-17-,22-21-,25-24-,28-27-,31-30-,42-40+,50-48+. The largest absolute Gasteiger partial charge is 0.394 e. The number of rotatable bonds is 45. The maximum atomic E-state index is 13.0. The van der Waals surface area contributed by atoms with Crippen molar-refractivity contribution in [3.8, 4) is 0 Å². The zero-order valence-electron chi connectivity index (χ0n) is 44.0. The summed E-state index contributed by atoms with van der Waals surface area (Å²) in [6, 6.07) is -0.837. The van der Waals surface area contributed by atoms with E-state index < -0.39 is 49.5 Å². The van der Waals surface area contributed by atoms with E-state index in [1.54, 1.807) is 6.08 Å². The van der Waals surface area contributed by atoms with Crippen molar-refractivity contribution in [3.63, 3.8) is 0 Å². The smallest absolute Gasteiger partial charge is 0.220 e. The van der Waals surface area contributed by atoms with Crippen molar-refractivity contribution in [2.24, 2.45) is 0 Å². The van der Waals surface area contributed by atoms with Crippen molar-refractivity contribution in [1.82, 2.24) is 5.32 Å². The molecule has 0 aromatic heterocycles. The summed E-state index contributed by atoms with van der Waals surface area (Å²) >= 11 is 0. The van der Waals surface area contributed by atoms with Gasteiger partial charge in [-0.05, 0) is 103 Å². The third-order valence-electron chi connectivity index (χ3n) is 12.2. The van der Waals surface area contributed by atoms with Crippen molar-refractivity contribution in [1.29, 1.82) is 0 Å².